The predicted octanol–water partition coefficient (Wildman–Crippen LogP) is 2.15. The van der Waals surface area contributed by atoms with Crippen LogP contribution in [0.5, 0.6) is 0 Å². The van der Waals surface area contributed by atoms with Gasteiger partial charge in [-0.05, 0) is 36.0 Å². The van der Waals surface area contributed by atoms with Gasteiger partial charge in [-0.15, -0.1) is 0 Å². The Morgan fingerprint density at radius 2 is 1.92 bits per heavy atom. The number of hydrogen-bond acceptors (Lipinski definition) is 4. The van der Waals surface area contributed by atoms with E-state index in [4.69, 9.17) is 4.74 Å². The quantitative estimate of drug-likeness (QED) is 0.765. The molecule has 0 aliphatic carbocycles. The molecule has 1 saturated heterocycles. The fourth-order valence-electron chi connectivity index (χ4n) is 3.07. The van der Waals surface area contributed by atoms with E-state index < -0.39 is 10.0 Å². The molecule has 2 rings (SSSR count). The van der Waals surface area contributed by atoms with Crippen molar-refractivity contribution < 1.29 is 17.9 Å². The van der Waals surface area contributed by atoms with Gasteiger partial charge in [0, 0.05) is 26.7 Å². The van der Waals surface area contributed by atoms with Crippen molar-refractivity contribution in [2.75, 3.05) is 33.4 Å². The summed E-state index contributed by atoms with van der Waals surface area (Å²) in [6.45, 7) is 7.83. The van der Waals surface area contributed by atoms with Crippen molar-refractivity contribution in [3.63, 3.8) is 0 Å². The highest BCUT2D eigenvalue weighted by molar-refractivity contribution is 7.89. The fourth-order valence-corrected chi connectivity index (χ4v) is 4.60. The summed E-state index contributed by atoms with van der Waals surface area (Å²) in [5.41, 5.74) is 1.06. The van der Waals surface area contributed by atoms with Gasteiger partial charge in [-0.1, -0.05) is 32.9 Å². The number of carbonyl (C=O) groups is 1. The molecule has 0 aromatic heterocycles. The second-order valence-corrected chi connectivity index (χ2v) is 9.70. The molecule has 1 aliphatic heterocycles. The van der Waals surface area contributed by atoms with Crippen molar-refractivity contribution in [3.8, 4) is 0 Å². The van der Waals surface area contributed by atoms with E-state index >= 15 is 0 Å². The molecular formula is C19H30N2O4S. The molecule has 1 heterocycles. The molecule has 0 unspecified atom stereocenters. The van der Waals surface area contributed by atoms with Crippen LogP contribution < -0.4 is 5.32 Å². The average molecular weight is 383 g/mol. The maximum Gasteiger partial charge on any atom is 0.243 e. The van der Waals surface area contributed by atoms with Crippen LogP contribution in [0.2, 0.25) is 0 Å². The molecule has 0 bridgehead atoms. The van der Waals surface area contributed by atoms with E-state index in [1.165, 1.54) is 4.31 Å². The molecule has 1 aliphatic rings. The summed E-state index contributed by atoms with van der Waals surface area (Å²) in [5.74, 6) is -0.422. The summed E-state index contributed by atoms with van der Waals surface area (Å²) < 4.78 is 32.3. The van der Waals surface area contributed by atoms with E-state index in [2.05, 4.69) is 26.1 Å². The van der Waals surface area contributed by atoms with Gasteiger partial charge in [-0.25, -0.2) is 8.42 Å². The number of carbonyl (C=O) groups excluding carboxylic acids is 1. The van der Waals surface area contributed by atoms with Crippen LogP contribution in [0.3, 0.4) is 0 Å². The zero-order valence-corrected chi connectivity index (χ0v) is 16.9. The Bertz CT molecular complexity index is 708. The van der Waals surface area contributed by atoms with Crippen LogP contribution in [0.4, 0.5) is 0 Å². The van der Waals surface area contributed by atoms with Gasteiger partial charge in [0.15, 0.2) is 0 Å². The smallest absolute Gasteiger partial charge is 0.243 e. The minimum absolute atomic E-state index is 0.0290. The third-order valence-electron chi connectivity index (χ3n) is 4.72. The Balaban J connectivity index is 2.09. The van der Waals surface area contributed by atoms with Crippen molar-refractivity contribution in [2.24, 2.45) is 5.92 Å². The second kappa shape index (κ2) is 8.50. The zero-order valence-electron chi connectivity index (χ0n) is 16.1. The maximum absolute atomic E-state index is 13.0. The Morgan fingerprint density at radius 3 is 2.50 bits per heavy atom. The van der Waals surface area contributed by atoms with Gasteiger partial charge < -0.3 is 10.1 Å². The minimum atomic E-state index is -3.59. The number of amides is 1. The van der Waals surface area contributed by atoms with E-state index in [1.54, 1.807) is 19.2 Å². The highest BCUT2D eigenvalue weighted by Gasteiger charge is 2.33. The molecule has 6 nitrogen and oxygen atoms in total. The molecule has 1 aromatic carbocycles. The Labute approximate surface area is 157 Å². The standard InChI is InChI=1S/C19H30N2O4S/c1-19(2,3)16-7-9-17(10-8-16)26(23,24)21-12-5-6-15(14-21)18(22)20-11-13-25-4/h7-10,15H,5-6,11-14H2,1-4H3,(H,20,22)/t15-/m0/s1. The van der Waals surface area contributed by atoms with Crippen LogP contribution in [0.1, 0.15) is 39.2 Å². The van der Waals surface area contributed by atoms with Gasteiger partial charge in [0.2, 0.25) is 15.9 Å². The third-order valence-corrected chi connectivity index (χ3v) is 6.60. The number of hydrogen-bond donors (Lipinski definition) is 1. The Kier molecular flexibility index (Phi) is 6.82. The minimum Gasteiger partial charge on any atom is -0.383 e. The van der Waals surface area contributed by atoms with Crippen LogP contribution in [0.15, 0.2) is 29.2 Å². The first-order valence-corrected chi connectivity index (χ1v) is 10.5. The van der Waals surface area contributed by atoms with E-state index in [0.29, 0.717) is 32.5 Å². The van der Waals surface area contributed by atoms with Gasteiger partial charge in [-0.3, -0.25) is 4.79 Å². The molecule has 0 saturated carbocycles. The van der Waals surface area contributed by atoms with Crippen molar-refractivity contribution in [1.29, 1.82) is 0 Å². The molecule has 1 atom stereocenters. The summed E-state index contributed by atoms with van der Waals surface area (Å²) in [6.07, 6.45) is 1.38. The predicted molar refractivity (Wildman–Crippen MR) is 102 cm³/mol. The Morgan fingerprint density at radius 1 is 1.27 bits per heavy atom. The van der Waals surface area contributed by atoms with Crippen LogP contribution in [0.25, 0.3) is 0 Å². The topological polar surface area (TPSA) is 75.7 Å². The van der Waals surface area contributed by atoms with Crippen LogP contribution in [-0.4, -0.2) is 52.0 Å². The SMILES string of the molecule is COCCNC(=O)[C@H]1CCCN(S(=O)(=O)c2ccc(C(C)(C)C)cc2)C1. The molecule has 1 fully saturated rings. The third kappa shape index (κ3) is 5.05. The van der Waals surface area contributed by atoms with Crippen molar-refractivity contribution in [1.82, 2.24) is 9.62 Å². The van der Waals surface area contributed by atoms with E-state index in [1.807, 2.05) is 12.1 Å². The number of ether oxygens (including phenoxy) is 1. The second-order valence-electron chi connectivity index (χ2n) is 7.76. The van der Waals surface area contributed by atoms with Gasteiger partial charge in [0.05, 0.1) is 17.4 Å². The summed E-state index contributed by atoms with van der Waals surface area (Å²) in [6, 6.07) is 7.06. The van der Waals surface area contributed by atoms with Crippen LogP contribution >= 0.6 is 0 Å². The first-order chi connectivity index (χ1) is 12.2. The van der Waals surface area contributed by atoms with Gasteiger partial charge >= 0.3 is 0 Å². The van der Waals surface area contributed by atoms with Crippen LogP contribution in [-0.2, 0) is 25.0 Å². The molecule has 7 heteroatoms. The largest absolute Gasteiger partial charge is 0.383 e. The molecule has 1 amide bonds. The summed E-state index contributed by atoms with van der Waals surface area (Å²) in [5, 5.41) is 2.80. The van der Waals surface area contributed by atoms with Gasteiger partial charge in [-0.2, -0.15) is 4.31 Å². The first-order valence-electron chi connectivity index (χ1n) is 9.03. The molecule has 146 valence electrons. The summed E-state index contributed by atoms with van der Waals surface area (Å²) >= 11 is 0. The van der Waals surface area contributed by atoms with Gasteiger partial charge in [0.1, 0.15) is 0 Å². The van der Waals surface area contributed by atoms with Crippen LogP contribution in [0, 0.1) is 5.92 Å². The Hall–Kier alpha value is -1.44. The van der Waals surface area contributed by atoms with Crippen molar-refractivity contribution in [2.45, 2.75) is 43.9 Å². The lowest BCUT2D eigenvalue weighted by atomic mass is 9.87. The highest BCUT2D eigenvalue weighted by atomic mass is 32.2. The van der Waals surface area contributed by atoms with E-state index in [-0.39, 0.29) is 28.7 Å². The lowest BCUT2D eigenvalue weighted by molar-refractivity contribution is -0.126. The molecule has 26 heavy (non-hydrogen) atoms. The van der Waals surface area contributed by atoms with Gasteiger partial charge in [0.25, 0.3) is 0 Å². The summed E-state index contributed by atoms with van der Waals surface area (Å²) in [7, 11) is -2.01. The van der Waals surface area contributed by atoms with E-state index in [9.17, 15) is 13.2 Å². The normalized spacial score (nSPS) is 19.3. The molecule has 0 spiro atoms. The molecule has 1 aromatic rings. The number of methoxy groups -OCH3 is 1. The number of benzene rings is 1. The monoisotopic (exact) mass is 382 g/mol. The molecule has 0 radical (unpaired) electrons. The number of rotatable bonds is 6. The fraction of sp³-hybridized carbons (Fsp3) is 0.632. The number of nitrogens with one attached hydrogen (secondary N) is 1. The van der Waals surface area contributed by atoms with Crippen molar-refractivity contribution >= 4 is 15.9 Å². The average Bonchev–Trinajstić information content (AvgIpc) is 2.61. The number of nitrogens with zero attached hydrogens (tertiary/aromatic N) is 1. The maximum atomic E-state index is 13.0. The first kappa shape index (κ1) is 20.9. The molecular weight excluding hydrogens is 352 g/mol. The van der Waals surface area contributed by atoms with Crippen molar-refractivity contribution in [3.05, 3.63) is 29.8 Å². The summed E-state index contributed by atoms with van der Waals surface area (Å²) in [4.78, 5) is 12.5. The molecule has 1 N–H and O–H groups in total. The lowest BCUT2D eigenvalue weighted by Gasteiger charge is -2.31. The number of piperidine rings is 1. The lowest BCUT2D eigenvalue weighted by Crippen LogP contribution is -2.45. The zero-order chi connectivity index (χ0) is 19.4. The number of sulfonamides is 1. The van der Waals surface area contributed by atoms with E-state index in [0.717, 1.165) is 5.56 Å². The highest BCUT2D eigenvalue weighted by Crippen LogP contribution is 2.27.